The third kappa shape index (κ3) is 8.12. The molecule has 21 nitrogen and oxygen atoms in total. The second-order valence-corrected chi connectivity index (χ2v) is 11.4. The molecule has 11 N–H and O–H groups in total. The highest BCUT2D eigenvalue weighted by atomic mass is 31.3. The van der Waals surface area contributed by atoms with E-state index in [4.69, 9.17) is 30.5 Å². The number of carboxylic acid groups (broad SMARTS) is 2. The first-order chi connectivity index (χ1) is 18.2. The van der Waals surface area contributed by atoms with Crippen LogP contribution in [0.4, 0.5) is 5.95 Å². The van der Waals surface area contributed by atoms with E-state index < -0.39 is 82.2 Å². The number of imidazole rings is 1. The molecule has 1 aliphatic rings. The molecule has 0 saturated carbocycles. The Morgan fingerprint density at radius 3 is 2.30 bits per heavy atom. The third-order valence-corrected chi connectivity index (χ3v) is 7.57. The minimum absolute atomic E-state index is 0.0586. The van der Waals surface area contributed by atoms with Crippen LogP contribution in [0.1, 0.15) is 26.5 Å². The van der Waals surface area contributed by atoms with Crippen LogP contribution in [0.3, 0.4) is 0 Å². The van der Waals surface area contributed by atoms with E-state index in [9.17, 15) is 43.7 Å². The van der Waals surface area contributed by atoms with Crippen molar-refractivity contribution in [2.24, 2.45) is 5.92 Å². The molecule has 1 aliphatic heterocycles. The summed E-state index contributed by atoms with van der Waals surface area (Å²) < 4.78 is 36.6. The molecule has 23 heteroatoms. The van der Waals surface area contributed by atoms with E-state index in [1.54, 1.807) is 0 Å². The number of H-pyrrole nitrogens is 1. The van der Waals surface area contributed by atoms with Crippen molar-refractivity contribution in [3.63, 3.8) is 0 Å². The monoisotopic (exact) mass is 619 g/mol. The molecule has 226 valence electrons. The number of hydrogen-bond acceptors (Lipinski definition) is 14. The summed E-state index contributed by atoms with van der Waals surface area (Å²) in [6, 6.07) is 0. The Morgan fingerprint density at radius 1 is 1.23 bits per heavy atom. The summed E-state index contributed by atoms with van der Waals surface area (Å²) in [6.07, 6.45) is -5.66. The summed E-state index contributed by atoms with van der Waals surface area (Å²) in [6.45, 7) is 2.04. The molecule has 2 aromatic heterocycles. The van der Waals surface area contributed by atoms with Gasteiger partial charge in [-0.3, -0.25) is 23.7 Å². The molecule has 2 aromatic rings. The fraction of sp³-hybridized carbons (Fsp3) is 0.588. The second-order valence-electron chi connectivity index (χ2n) is 8.61. The summed E-state index contributed by atoms with van der Waals surface area (Å²) in [4.78, 5) is 68.8. The highest BCUT2D eigenvalue weighted by Crippen LogP contribution is 2.57. The first-order valence-electron chi connectivity index (χ1n) is 10.8. The number of aliphatic hydroxyl groups excluding tert-OH is 2. The molecule has 0 aliphatic carbocycles. The van der Waals surface area contributed by atoms with E-state index in [0.29, 0.717) is 0 Å². The molecule has 40 heavy (non-hydrogen) atoms. The molecule has 0 aromatic carbocycles. The number of carboxylic acids is 2. The average Bonchev–Trinajstić information content (AvgIpc) is 3.31. The molecule has 0 radical (unpaired) electrons. The molecule has 0 amide bonds. The van der Waals surface area contributed by atoms with Crippen LogP contribution >= 0.6 is 15.6 Å². The molecular formula is C17H27N5O16P2. The summed E-state index contributed by atoms with van der Waals surface area (Å²) in [5.41, 5.74) is 2.49. The number of rotatable bonds is 10. The SMILES string of the molecule is CC(C)C(O)(CC(=O)O)C(=O)O.Nc1nc2c(ncn2[C@@H]2O[C@H](COP(=O)(O)OP(=O)(O)O)[C@@H](O)[C@H]2O)c(=O)[nH]1. The van der Waals surface area contributed by atoms with E-state index in [0.717, 1.165) is 10.9 Å². The maximum absolute atomic E-state index is 11.8. The van der Waals surface area contributed by atoms with E-state index in [2.05, 4.69) is 23.8 Å². The highest BCUT2D eigenvalue weighted by molar-refractivity contribution is 7.60. The van der Waals surface area contributed by atoms with E-state index >= 15 is 0 Å². The molecular weight excluding hydrogens is 592 g/mol. The van der Waals surface area contributed by atoms with Crippen molar-refractivity contribution < 1.29 is 72.5 Å². The number of phosphoric acid groups is 2. The van der Waals surface area contributed by atoms with Crippen LogP contribution in [0.2, 0.25) is 0 Å². The first-order valence-corrected chi connectivity index (χ1v) is 13.9. The maximum atomic E-state index is 11.8. The van der Waals surface area contributed by atoms with E-state index in [1.807, 2.05) is 0 Å². The average molecular weight is 619 g/mol. The Hall–Kier alpha value is -2.81. The zero-order valence-corrected chi connectivity index (χ0v) is 22.3. The lowest BCUT2D eigenvalue weighted by Gasteiger charge is -2.25. The number of nitrogen functional groups attached to an aromatic ring is 1. The Labute approximate surface area is 222 Å². The van der Waals surface area contributed by atoms with Crippen LogP contribution < -0.4 is 11.3 Å². The van der Waals surface area contributed by atoms with Gasteiger partial charge in [0, 0.05) is 0 Å². The van der Waals surface area contributed by atoms with Crippen LogP contribution in [-0.4, -0.2) is 102 Å². The lowest BCUT2D eigenvalue weighted by molar-refractivity contribution is -0.170. The van der Waals surface area contributed by atoms with Crippen molar-refractivity contribution >= 4 is 44.7 Å². The van der Waals surface area contributed by atoms with Crippen molar-refractivity contribution in [2.45, 2.75) is 50.4 Å². The number of hydrogen-bond donors (Lipinski definition) is 10. The van der Waals surface area contributed by atoms with Crippen molar-refractivity contribution in [1.29, 1.82) is 0 Å². The van der Waals surface area contributed by atoms with Crippen molar-refractivity contribution in [3.05, 3.63) is 16.7 Å². The molecule has 1 saturated heterocycles. The zero-order chi connectivity index (χ0) is 30.8. The van der Waals surface area contributed by atoms with Crippen LogP contribution in [0.25, 0.3) is 11.2 Å². The van der Waals surface area contributed by atoms with Gasteiger partial charge in [0.05, 0.1) is 19.4 Å². The smallest absolute Gasteiger partial charge is 0.481 e. The van der Waals surface area contributed by atoms with Crippen LogP contribution in [-0.2, 0) is 32.3 Å². The number of nitrogens with two attached hydrogens (primary N) is 1. The maximum Gasteiger partial charge on any atom is 0.481 e. The minimum Gasteiger partial charge on any atom is -0.481 e. The number of nitrogens with one attached hydrogen (secondary N) is 1. The predicted octanol–water partition coefficient (Wildman–Crippen LogP) is -2.52. The normalized spacial score (nSPS) is 24.2. The number of phosphoric ester groups is 1. The number of anilines is 1. The third-order valence-electron chi connectivity index (χ3n) is 5.42. The van der Waals surface area contributed by atoms with Crippen molar-refractivity contribution in [2.75, 3.05) is 12.3 Å². The lowest BCUT2D eigenvalue weighted by Crippen LogP contribution is -2.45. The molecule has 2 unspecified atom stereocenters. The van der Waals surface area contributed by atoms with E-state index in [-0.39, 0.29) is 17.1 Å². The number of fused-ring (bicyclic) bond motifs is 1. The van der Waals surface area contributed by atoms with Gasteiger partial charge >= 0.3 is 27.6 Å². The van der Waals surface area contributed by atoms with Gasteiger partial charge in [0.2, 0.25) is 5.95 Å². The second kappa shape index (κ2) is 12.4. The predicted molar refractivity (Wildman–Crippen MR) is 127 cm³/mol. The Kier molecular flexibility index (Phi) is 10.3. The first kappa shape index (κ1) is 33.4. The fourth-order valence-corrected chi connectivity index (χ4v) is 4.91. The van der Waals surface area contributed by atoms with Crippen molar-refractivity contribution in [1.82, 2.24) is 19.5 Å². The molecule has 6 atom stereocenters. The molecule has 0 spiro atoms. The Morgan fingerprint density at radius 2 is 1.82 bits per heavy atom. The van der Waals surface area contributed by atoms with Gasteiger partial charge in [0.1, 0.15) is 18.3 Å². The number of aliphatic carboxylic acids is 2. The number of ether oxygens (including phenoxy) is 1. The fourth-order valence-electron chi connectivity index (χ4n) is 3.31. The van der Waals surface area contributed by atoms with Gasteiger partial charge < -0.3 is 50.7 Å². The zero-order valence-electron chi connectivity index (χ0n) is 20.5. The standard InChI is InChI=1S/C10H15N5O11P2.C7H12O5/c11-10-13-7-4(8(18)14-10)12-2-15(7)9-6(17)5(16)3(25-9)1-24-28(22,23)26-27(19,20)21;1-4(2)7(12,6(10)11)3-5(8)9/h2-3,5-6,9,16-17H,1H2,(H,22,23)(H2,19,20,21)(H3,11,13,14,18);4,12H,3H2,1-2H3,(H,8,9)(H,10,11)/t3-,5-,6-,9-;/m1./s1. The lowest BCUT2D eigenvalue weighted by atomic mass is 9.87. The van der Waals surface area contributed by atoms with Gasteiger partial charge in [-0.05, 0) is 5.92 Å². The van der Waals surface area contributed by atoms with Gasteiger partial charge in [-0.15, -0.1) is 0 Å². The molecule has 3 rings (SSSR count). The molecule has 1 fully saturated rings. The minimum atomic E-state index is -5.32. The summed E-state index contributed by atoms with van der Waals surface area (Å²) >= 11 is 0. The quantitative estimate of drug-likeness (QED) is 0.123. The van der Waals surface area contributed by atoms with Gasteiger partial charge in [-0.2, -0.15) is 9.29 Å². The Bertz CT molecular complexity index is 1390. The largest absolute Gasteiger partial charge is 0.481 e. The van der Waals surface area contributed by atoms with Crippen LogP contribution in [0, 0.1) is 5.92 Å². The summed E-state index contributed by atoms with van der Waals surface area (Å²) in [5.74, 6) is -3.69. The topological polar surface area (TPSA) is 347 Å². The van der Waals surface area contributed by atoms with Gasteiger partial charge in [-0.1, -0.05) is 13.8 Å². The number of aromatic amines is 1. The van der Waals surface area contributed by atoms with Gasteiger partial charge in [0.25, 0.3) is 5.56 Å². The Balaban J connectivity index is 0.000000395. The number of aromatic nitrogens is 4. The highest BCUT2D eigenvalue weighted by Gasteiger charge is 2.46. The number of carbonyl (C=O) groups is 2. The molecule has 3 heterocycles. The van der Waals surface area contributed by atoms with Gasteiger partial charge in [-0.25, -0.2) is 18.9 Å². The summed E-state index contributed by atoms with van der Waals surface area (Å²) in [7, 11) is -10.5. The van der Waals surface area contributed by atoms with Gasteiger partial charge in [0.15, 0.2) is 23.0 Å². The number of nitrogens with zero attached hydrogens (tertiary/aromatic N) is 3. The molecule has 0 bridgehead atoms. The van der Waals surface area contributed by atoms with Crippen molar-refractivity contribution in [3.8, 4) is 0 Å². The van der Waals surface area contributed by atoms with E-state index in [1.165, 1.54) is 13.8 Å². The number of aliphatic hydroxyl groups is 3. The van der Waals surface area contributed by atoms with Crippen LogP contribution in [0.5, 0.6) is 0 Å². The van der Waals surface area contributed by atoms with Crippen LogP contribution in [0.15, 0.2) is 11.1 Å². The summed E-state index contributed by atoms with van der Waals surface area (Å²) in [5, 5.41) is 46.5.